The Balaban J connectivity index is 1.84. The highest BCUT2D eigenvalue weighted by Crippen LogP contribution is 2.27. The second-order valence-electron chi connectivity index (χ2n) is 3.91. The van der Waals surface area contributed by atoms with Crippen LogP contribution in [0.4, 0.5) is 15.2 Å². The van der Waals surface area contributed by atoms with E-state index in [2.05, 4.69) is 15.3 Å². The Bertz CT molecular complexity index is 682. The maximum absolute atomic E-state index is 13.2. The van der Waals surface area contributed by atoms with Crippen LogP contribution in [-0.4, -0.2) is 9.97 Å². The smallest absolute Gasteiger partial charge is 0.187 e. The van der Waals surface area contributed by atoms with E-state index in [9.17, 15) is 4.39 Å². The number of hydrogen-bond donors (Lipinski definition) is 1. The molecular weight excluding hydrogens is 261 g/mol. The van der Waals surface area contributed by atoms with Crippen molar-refractivity contribution in [2.45, 2.75) is 0 Å². The van der Waals surface area contributed by atoms with E-state index in [0.717, 1.165) is 22.1 Å². The molecule has 3 nitrogen and oxygen atoms in total. The first kappa shape index (κ1) is 11.8. The molecule has 0 aliphatic heterocycles. The summed E-state index contributed by atoms with van der Waals surface area (Å²) >= 11 is 1.47. The highest BCUT2D eigenvalue weighted by molar-refractivity contribution is 7.14. The molecule has 0 aliphatic rings. The number of rotatable bonds is 3. The van der Waals surface area contributed by atoms with Crippen molar-refractivity contribution in [2.75, 3.05) is 5.32 Å². The van der Waals surface area contributed by atoms with Crippen molar-refractivity contribution in [3.63, 3.8) is 0 Å². The van der Waals surface area contributed by atoms with Crippen molar-refractivity contribution in [1.82, 2.24) is 9.97 Å². The molecule has 19 heavy (non-hydrogen) atoms. The number of anilines is 2. The molecule has 0 spiro atoms. The number of benzene rings is 1. The van der Waals surface area contributed by atoms with Gasteiger partial charge in [0, 0.05) is 17.1 Å². The first-order chi connectivity index (χ1) is 9.31. The maximum atomic E-state index is 13.2. The van der Waals surface area contributed by atoms with Crippen LogP contribution in [0, 0.1) is 5.82 Å². The average molecular weight is 271 g/mol. The number of pyridine rings is 1. The first-order valence-electron chi connectivity index (χ1n) is 5.70. The largest absolute Gasteiger partial charge is 0.330 e. The van der Waals surface area contributed by atoms with Gasteiger partial charge in [0.15, 0.2) is 5.13 Å². The lowest BCUT2D eigenvalue weighted by Crippen LogP contribution is -1.89. The van der Waals surface area contributed by atoms with Gasteiger partial charge < -0.3 is 5.32 Å². The number of nitrogens with one attached hydrogen (secondary N) is 1. The van der Waals surface area contributed by atoms with Gasteiger partial charge in [-0.2, -0.15) is 0 Å². The molecule has 3 rings (SSSR count). The lowest BCUT2D eigenvalue weighted by Gasteiger charge is -2.00. The minimum absolute atomic E-state index is 0.257. The zero-order valence-corrected chi connectivity index (χ0v) is 10.7. The van der Waals surface area contributed by atoms with E-state index in [1.54, 1.807) is 18.5 Å². The topological polar surface area (TPSA) is 37.8 Å². The Morgan fingerprint density at radius 2 is 2.11 bits per heavy atom. The fourth-order valence-electron chi connectivity index (χ4n) is 1.67. The van der Waals surface area contributed by atoms with Gasteiger partial charge in [-0.3, -0.25) is 4.98 Å². The van der Waals surface area contributed by atoms with Gasteiger partial charge in [0.2, 0.25) is 0 Å². The Morgan fingerprint density at radius 1 is 1.16 bits per heavy atom. The molecule has 2 aromatic heterocycles. The first-order valence-corrected chi connectivity index (χ1v) is 6.58. The van der Waals surface area contributed by atoms with E-state index < -0.39 is 0 Å². The van der Waals surface area contributed by atoms with Crippen molar-refractivity contribution in [3.8, 4) is 11.3 Å². The molecule has 0 saturated heterocycles. The summed E-state index contributed by atoms with van der Waals surface area (Å²) in [6.45, 7) is 0. The summed E-state index contributed by atoms with van der Waals surface area (Å²) in [6.07, 6.45) is 3.44. The van der Waals surface area contributed by atoms with E-state index in [1.807, 2.05) is 23.6 Å². The summed E-state index contributed by atoms with van der Waals surface area (Å²) in [5.74, 6) is -0.257. The standard InChI is InChI=1S/C14H10FN3S/c15-11-4-1-3-10(7-11)13-9-19-14(18-13)17-12-5-2-6-16-8-12/h1-9H,(H,17,18). The van der Waals surface area contributed by atoms with Crippen LogP contribution in [0.5, 0.6) is 0 Å². The molecule has 0 atom stereocenters. The minimum Gasteiger partial charge on any atom is -0.330 e. The van der Waals surface area contributed by atoms with E-state index >= 15 is 0 Å². The number of hydrogen-bond acceptors (Lipinski definition) is 4. The van der Waals surface area contributed by atoms with E-state index in [1.165, 1.54) is 23.5 Å². The molecule has 0 fully saturated rings. The normalized spacial score (nSPS) is 10.4. The summed E-state index contributed by atoms with van der Waals surface area (Å²) < 4.78 is 13.2. The lowest BCUT2D eigenvalue weighted by molar-refractivity contribution is 0.628. The van der Waals surface area contributed by atoms with Crippen LogP contribution < -0.4 is 5.32 Å². The third kappa shape index (κ3) is 2.77. The summed E-state index contributed by atoms with van der Waals surface area (Å²) in [6, 6.07) is 10.2. The third-order valence-corrected chi connectivity index (χ3v) is 3.30. The molecule has 3 aromatic rings. The molecule has 1 aromatic carbocycles. The Morgan fingerprint density at radius 3 is 2.89 bits per heavy atom. The zero-order chi connectivity index (χ0) is 13.1. The average Bonchev–Trinajstić information content (AvgIpc) is 2.88. The molecular formula is C14H10FN3S. The van der Waals surface area contributed by atoms with Crippen LogP contribution in [-0.2, 0) is 0 Å². The highest BCUT2D eigenvalue weighted by Gasteiger charge is 2.05. The van der Waals surface area contributed by atoms with Crippen molar-refractivity contribution in [1.29, 1.82) is 0 Å². The van der Waals surface area contributed by atoms with Gasteiger partial charge >= 0.3 is 0 Å². The second-order valence-corrected chi connectivity index (χ2v) is 4.77. The van der Waals surface area contributed by atoms with Crippen LogP contribution in [0.25, 0.3) is 11.3 Å². The van der Waals surface area contributed by atoms with Gasteiger partial charge in [-0.05, 0) is 24.3 Å². The molecule has 0 amide bonds. The molecule has 1 N–H and O–H groups in total. The fourth-order valence-corrected chi connectivity index (χ4v) is 2.41. The fraction of sp³-hybridized carbons (Fsp3) is 0. The predicted octanol–water partition coefficient (Wildman–Crippen LogP) is 4.09. The molecule has 0 radical (unpaired) electrons. The molecule has 0 saturated carbocycles. The maximum Gasteiger partial charge on any atom is 0.187 e. The summed E-state index contributed by atoms with van der Waals surface area (Å²) in [4.78, 5) is 8.45. The second kappa shape index (κ2) is 5.16. The molecule has 0 bridgehead atoms. The van der Waals surface area contributed by atoms with Crippen LogP contribution in [0.2, 0.25) is 0 Å². The predicted molar refractivity (Wildman–Crippen MR) is 75.0 cm³/mol. The third-order valence-electron chi connectivity index (χ3n) is 2.54. The number of thiazole rings is 1. The monoisotopic (exact) mass is 271 g/mol. The number of halogens is 1. The van der Waals surface area contributed by atoms with Crippen LogP contribution >= 0.6 is 11.3 Å². The van der Waals surface area contributed by atoms with E-state index in [-0.39, 0.29) is 5.82 Å². The summed E-state index contributed by atoms with van der Waals surface area (Å²) in [5.41, 5.74) is 2.41. The SMILES string of the molecule is Fc1cccc(-c2csc(Nc3cccnc3)n2)c1. The zero-order valence-electron chi connectivity index (χ0n) is 9.88. The van der Waals surface area contributed by atoms with Gasteiger partial charge in [-0.25, -0.2) is 9.37 Å². The van der Waals surface area contributed by atoms with Gasteiger partial charge in [-0.1, -0.05) is 12.1 Å². The highest BCUT2D eigenvalue weighted by atomic mass is 32.1. The summed E-state index contributed by atoms with van der Waals surface area (Å²) in [5, 5.41) is 5.81. The lowest BCUT2D eigenvalue weighted by atomic mass is 10.2. The van der Waals surface area contributed by atoms with E-state index in [4.69, 9.17) is 0 Å². The molecule has 0 unspecified atom stereocenters. The van der Waals surface area contributed by atoms with Crippen LogP contribution in [0.15, 0.2) is 54.2 Å². The Hall–Kier alpha value is -2.27. The van der Waals surface area contributed by atoms with E-state index in [0.29, 0.717) is 0 Å². The van der Waals surface area contributed by atoms with Crippen LogP contribution in [0.3, 0.4) is 0 Å². The molecule has 0 aliphatic carbocycles. The molecule has 94 valence electrons. The van der Waals surface area contributed by atoms with Gasteiger partial charge in [0.25, 0.3) is 0 Å². The van der Waals surface area contributed by atoms with Gasteiger partial charge in [-0.15, -0.1) is 11.3 Å². The van der Waals surface area contributed by atoms with Crippen LogP contribution in [0.1, 0.15) is 0 Å². The number of nitrogens with zero attached hydrogens (tertiary/aromatic N) is 2. The van der Waals surface area contributed by atoms with Gasteiger partial charge in [0.05, 0.1) is 17.6 Å². The number of aromatic nitrogens is 2. The van der Waals surface area contributed by atoms with Crippen molar-refractivity contribution < 1.29 is 4.39 Å². The summed E-state index contributed by atoms with van der Waals surface area (Å²) in [7, 11) is 0. The molecule has 5 heteroatoms. The van der Waals surface area contributed by atoms with Crippen molar-refractivity contribution in [3.05, 3.63) is 60.0 Å². The van der Waals surface area contributed by atoms with Gasteiger partial charge in [0.1, 0.15) is 5.82 Å². The Kier molecular flexibility index (Phi) is 3.20. The minimum atomic E-state index is -0.257. The Labute approximate surface area is 113 Å². The quantitative estimate of drug-likeness (QED) is 0.779. The van der Waals surface area contributed by atoms with Crippen molar-refractivity contribution >= 4 is 22.2 Å². The van der Waals surface area contributed by atoms with Crippen molar-refractivity contribution in [2.24, 2.45) is 0 Å². The molecule has 2 heterocycles.